The van der Waals surface area contributed by atoms with Crippen molar-refractivity contribution in [2.75, 3.05) is 84.4 Å². The Hall–Kier alpha value is -8.80. The summed E-state index contributed by atoms with van der Waals surface area (Å²) in [7, 11) is 9.25. The number of hydrogen-bond acceptors (Lipinski definition) is 20. The fourth-order valence-corrected chi connectivity index (χ4v) is 11.2. The summed E-state index contributed by atoms with van der Waals surface area (Å²) in [6, 6.07) is 16.3. The van der Waals surface area contributed by atoms with E-state index in [-0.39, 0.29) is 36.3 Å². The molecule has 0 bridgehead atoms. The Bertz CT molecular complexity index is 4170. The number of hydrogen-bond donors (Lipinski definition) is 5. The normalized spacial score (nSPS) is 16.9. The maximum absolute atomic E-state index is 15.2. The average Bonchev–Trinajstić information content (AvgIpc) is 1.68. The third kappa shape index (κ3) is 15.5. The first-order chi connectivity index (χ1) is 43.5. The summed E-state index contributed by atoms with van der Waals surface area (Å²) in [5.41, 5.74) is 2.42. The third-order valence-corrected chi connectivity index (χ3v) is 15.5. The minimum Gasteiger partial charge on any atom is -0.497 e. The van der Waals surface area contributed by atoms with Gasteiger partial charge in [-0.05, 0) is 92.9 Å². The monoisotopic (exact) mass is 1320 g/mol. The minimum absolute atomic E-state index is 0.196. The number of benzene rings is 4. The zero-order chi connectivity index (χ0) is 64.9. The van der Waals surface area contributed by atoms with Crippen LogP contribution in [0.5, 0.6) is 34.5 Å². The molecular formula is C62H73BrF4N16O8. The second kappa shape index (κ2) is 27.7. The summed E-state index contributed by atoms with van der Waals surface area (Å²) in [6.07, 6.45) is 5.42. The molecule has 4 unspecified atom stereocenters. The fraction of sp³-hybridized carbons (Fsp3) is 0.419. The van der Waals surface area contributed by atoms with E-state index in [1.54, 1.807) is 96.2 Å². The van der Waals surface area contributed by atoms with Crippen LogP contribution in [0.3, 0.4) is 0 Å². The van der Waals surface area contributed by atoms with Crippen LogP contribution in [0, 0.1) is 11.6 Å². The number of fused-ring (bicyclic) bond motifs is 6. The van der Waals surface area contributed by atoms with Crippen LogP contribution in [-0.4, -0.2) is 161 Å². The van der Waals surface area contributed by atoms with Crippen LogP contribution >= 0.6 is 15.9 Å². The van der Waals surface area contributed by atoms with Crippen molar-refractivity contribution in [2.24, 2.45) is 0 Å². The summed E-state index contributed by atoms with van der Waals surface area (Å²) in [4.78, 5) is 20.9. The summed E-state index contributed by atoms with van der Waals surface area (Å²) < 4.78 is 98.2. The van der Waals surface area contributed by atoms with E-state index in [1.807, 2.05) is 35.4 Å². The first-order valence-corrected chi connectivity index (χ1v) is 30.0. The summed E-state index contributed by atoms with van der Waals surface area (Å²) in [5, 5.41) is 47.9. The molecule has 91 heavy (non-hydrogen) atoms. The molecule has 2 aliphatic rings. The van der Waals surface area contributed by atoms with Crippen LogP contribution < -0.4 is 49.3 Å². The highest BCUT2D eigenvalue weighted by atomic mass is 79.9. The van der Waals surface area contributed by atoms with Crippen molar-refractivity contribution >= 4 is 66.6 Å². The van der Waals surface area contributed by atoms with Crippen molar-refractivity contribution < 1.29 is 56.2 Å². The standard InChI is InChI=1S/C31H36F2N8O4.C24H26F2N6O3.C7H11BrN2O/c1-31(2,42)17-40-16-22(13-35-40)39-14-19(8-21(33)15-39)28-37-29-24-9-20(32)10-26(45-5)27(24)36-30(41(29)38-28)34-12-18-6-7-23(43-3)11-25(18)44-4;1-33-17-5-4-13(19(9-17)34-2)11-28-24-29-21-18(7-15(25)8-20(21)35-3)23-30-22(31-32(23)24)14-6-16(26)12-27-10-14;1-7(2,11)5-10-4-6(8)3-9-10/h6-7,9-11,13,16,19,21,42H,8,12,14-15,17H2,1-5H3,(H,34,36);4-5,7-9,14,16,27H,6,10-12H2,1-3H3,(H,28,29);3-4,11H,5H2,1-2H3. The van der Waals surface area contributed by atoms with Gasteiger partial charge in [0.1, 0.15) is 69.5 Å². The molecule has 10 aromatic rings. The molecule has 484 valence electrons. The molecule has 4 atom stereocenters. The number of anilines is 3. The number of piperidine rings is 2. The molecule has 0 saturated carbocycles. The highest BCUT2D eigenvalue weighted by molar-refractivity contribution is 9.10. The van der Waals surface area contributed by atoms with E-state index in [1.165, 1.54) is 47.5 Å². The van der Waals surface area contributed by atoms with Crippen LogP contribution in [0.2, 0.25) is 0 Å². The Morgan fingerprint density at radius 1 is 0.582 bits per heavy atom. The van der Waals surface area contributed by atoms with Gasteiger partial charge in [0.25, 0.3) is 0 Å². The summed E-state index contributed by atoms with van der Waals surface area (Å²) in [5.74, 6) is 3.19. The van der Waals surface area contributed by atoms with Crippen molar-refractivity contribution in [1.82, 2.24) is 64.0 Å². The predicted molar refractivity (Wildman–Crippen MR) is 338 cm³/mol. The molecule has 2 saturated heterocycles. The Kier molecular flexibility index (Phi) is 19.9. The van der Waals surface area contributed by atoms with Gasteiger partial charge >= 0.3 is 0 Å². The Morgan fingerprint density at radius 3 is 1.53 bits per heavy atom. The second-order valence-corrected chi connectivity index (χ2v) is 24.3. The number of rotatable bonds is 19. The minimum atomic E-state index is -1.14. The molecule has 2 fully saturated rings. The summed E-state index contributed by atoms with van der Waals surface area (Å²) >= 11 is 3.27. The molecule has 29 heteroatoms. The van der Waals surface area contributed by atoms with Crippen molar-refractivity contribution in [3.63, 3.8) is 0 Å². The van der Waals surface area contributed by atoms with E-state index in [2.05, 4.69) is 52.2 Å². The van der Waals surface area contributed by atoms with Gasteiger partial charge in [-0.25, -0.2) is 37.5 Å². The number of halogens is 5. The van der Waals surface area contributed by atoms with Gasteiger partial charge in [-0.2, -0.15) is 19.2 Å². The molecule has 0 spiro atoms. The number of nitrogens with zero attached hydrogens (tertiary/aromatic N) is 13. The summed E-state index contributed by atoms with van der Waals surface area (Å²) in [6.45, 7) is 9.92. The molecule has 5 N–H and O–H groups in total. The molecule has 8 heterocycles. The molecule has 24 nitrogen and oxygen atoms in total. The largest absolute Gasteiger partial charge is 0.497 e. The van der Waals surface area contributed by atoms with Crippen LogP contribution in [0.1, 0.15) is 75.1 Å². The SMILES string of the molecule is CC(C)(O)Cn1cc(Br)cn1.COc1ccc(CNc2nc3c(OC)cc(F)cc3c3nc(C4CC(F)CN(c5cnn(CC(C)(C)O)c5)C4)nn23)c(OC)c1.COc1ccc(CNc2nc3c(OC)cc(F)cc3c3nc(C4CNCC(F)C4)nn23)c(OC)c1. The number of aliphatic hydroxyl groups is 2. The van der Waals surface area contributed by atoms with Gasteiger partial charge in [0.15, 0.2) is 22.9 Å². The van der Waals surface area contributed by atoms with Gasteiger partial charge in [0, 0.05) is 98.9 Å². The van der Waals surface area contributed by atoms with Crippen molar-refractivity contribution in [2.45, 2.75) is 102 Å². The van der Waals surface area contributed by atoms with Crippen LogP contribution in [0.4, 0.5) is 35.1 Å². The molecule has 0 radical (unpaired) electrons. The zero-order valence-corrected chi connectivity index (χ0v) is 53.6. The number of aromatic nitrogens is 12. The van der Waals surface area contributed by atoms with E-state index in [0.717, 1.165) is 21.3 Å². The zero-order valence-electron chi connectivity index (χ0n) is 52.0. The van der Waals surface area contributed by atoms with Gasteiger partial charge in [-0.15, -0.1) is 10.2 Å². The maximum atomic E-state index is 15.2. The Labute approximate surface area is 529 Å². The van der Waals surface area contributed by atoms with E-state index in [9.17, 15) is 23.4 Å². The lowest BCUT2D eigenvalue weighted by Crippen LogP contribution is -2.41. The third-order valence-electron chi connectivity index (χ3n) is 15.1. The van der Waals surface area contributed by atoms with Crippen molar-refractivity contribution in [3.8, 4) is 34.5 Å². The lowest BCUT2D eigenvalue weighted by molar-refractivity contribution is 0.0571. The number of alkyl halides is 2. The van der Waals surface area contributed by atoms with Crippen LogP contribution in [-0.2, 0) is 26.2 Å². The van der Waals surface area contributed by atoms with Crippen molar-refractivity contribution in [1.29, 1.82) is 0 Å². The molecule has 0 amide bonds. The number of nitrogens with one attached hydrogen (secondary N) is 3. The fourth-order valence-electron chi connectivity index (χ4n) is 10.9. The average molecular weight is 1330 g/mol. The number of methoxy groups -OCH3 is 6. The van der Waals surface area contributed by atoms with Gasteiger partial charge in [-0.3, -0.25) is 9.36 Å². The Morgan fingerprint density at radius 2 is 1.07 bits per heavy atom. The smallest absolute Gasteiger partial charge is 0.226 e. The van der Waals surface area contributed by atoms with E-state index < -0.39 is 35.2 Å². The van der Waals surface area contributed by atoms with Crippen LogP contribution in [0.25, 0.3) is 33.1 Å². The van der Waals surface area contributed by atoms with Gasteiger partial charge in [0.2, 0.25) is 11.9 Å². The van der Waals surface area contributed by atoms with E-state index in [0.29, 0.717) is 132 Å². The first kappa shape index (κ1) is 65.2. The lowest BCUT2D eigenvalue weighted by atomic mass is 9.96. The van der Waals surface area contributed by atoms with Crippen LogP contribution in [0.15, 0.2) is 89.9 Å². The molecular weight excluding hydrogens is 1250 g/mol. The highest BCUT2D eigenvalue weighted by Crippen LogP contribution is 2.37. The predicted octanol–water partition coefficient (Wildman–Crippen LogP) is 9.24. The topological polar surface area (TPSA) is 257 Å². The molecule has 6 aromatic heterocycles. The van der Waals surface area contributed by atoms with Gasteiger partial charge in [0.05, 0.1) is 100 Å². The van der Waals surface area contributed by atoms with Crippen molar-refractivity contribution in [3.05, 3.63) is 124 Å². The van der Waals surface area contributed by atoms with Gasteiger partial charge < -0.3 is 59.5 Å². The van der Waals surface area contributed by atoms with E-state index in [4.69, 9.17) is 48.5 Å². The number of ether oxygens (including phenoxy) is 6. The lowest BCUT2D eigenvalue weighted by Gasteiger charge is -2.34. The molecule has 12 rings (SSSR count). The van der Waals surface area contributed by atoms with E-state index >= 15 is 4.39 Å². The molecule has 2 aliphatic heterocycles. The quantitative estimate of drug-likeness (QED) is 0.0473. The molecule has 4 aromatic carbocycles. The maximum Gasteiger partial charge on any atom is 0.226 e. The highest BCUT2D eigenvalue weighted by Gasteiger charge is 2.33. The molecule has 0 aliphatic carbocycles. The van der Waals surface area contributed by atoms with Gasteiger partial charge in [-0.1, -0.05) is 0 Å². The second-order valence-electron chi connectivity index (χ2n) is 23.4. The first-order valence-electron chi connectivity index (χ1n) is 29.2. The Balaban J connectivity index is 0.000000175.